The molecule has 146 valence electrons. The number of hydrogen-bond donors (Lipinski definition) is 1. The number of carboxylic acids is 1. The molecule has 5 nitrogen and oxygen atoms in total. The highest BCUT2D eigenvalue weighted by atomic mass is 16.5. The van der Waals surface area contributed by atoms with Crippen molar-refractivity contribution in [1.29, 1.82) is 0 Å². The van der Waals surface area contributed by atoms with Crippen molar-refractivity contribution in [2.45, 2.75) is 57.7 Å². The molecular formula is C22H30N2O3. The fraction of sp³-hybridized carbons (Fsp3) is 0.591. The summed E-state index contributed by atoms with van der Waals surface area (Å²) in [5, 5.41) is 10.5. The number of aromatic nitrogens is 1. The Kier molecular flexibility index (Phi) is 4.77. The molecule has 0 radical (unpaired) electrons. The molecule has 0 atom stereocenters. The third-order valence-corrected chi connectivity index (χ3v) is 6.93. The van der Waals surface area contributed by atoms with Crippen molar-refractivity contribution in [2.24, 2.45) is 5.92 Å². The van der Waals surface area contributed by atoms with Gasteiger partial charge < -0.3 is 14.4 Å². The third-order valence-electron chi connectivity index (χ3n) is 6.93. The van der Waals surface area contributed by atoms with E-state index >= 15 is 0 Å². The molecule has 1 aliphatic carbocycles. The lowest BCUT2D eigenvalue weighted by molar-refractivity contribution is -0.138. The first kappa shape index (κ1) is 18.5. The minimum Gasteiger partial charge on any atom is -0.478 e. The van der Waals surface area contributed by atoms with Gasteiger partial charge in [-0.25, -0.2) is 4.79 Å². The molecule has 2 fully saturated rings. The Balaban J connectivity index is 1.48. The fourth-order valence-corrected chi connectivity index (χ4v) is 4.95. The summed E-state index contributed by atoms with van der Waals surface area (Å²) < 4.78 is 7.66. The van der Waals surface area contributed by atoms with E-state index in [2.05, 4.69) is 23.4 Å². The number of likely N-dealkylation sites (N-methyl/N-ethyl adjacent to an activating group) is 1. The highest BCUT2D eigenvalue weighted by Crippen LogP contribution is 2.35. The first-order chi connectivity index (χ1) is 12.9. The Labute approximate surface area is 160 Å². The molecule has 1 N–H and O–H groups in total. The second kappa shape index (κ2) is 6.95. The molecule has 0 spiro atoms. The van der Waals surface area contributed by atoms with Crippen molar-refractivity contribution in [3.05, 3.63) is 35.5 Å². The quantitative estimate of drug-likeness (QED) is 0.866. The smallest absolute Gasteiger partial charge is 0.338 e. The van der Waals surface area contributed by atoms with Crippen LogP contribution < -0.4 is 0 Å². The highest BCUT2D eigenvalue weighted by molar-refractivity contribution is 6.05. The van der Waals surface area contributed by atoms with Crippen LogP contribution in [0.4, 0.5) is 0 Å². The van der Waals surface area contributed by atoms with Gasteiger partial charge in [0.25, 0.3) is 0 Å². The summed E-state index contributed by atoms with van der Waals surface area (Å²) in [7, 11) is 2.25. The van der Waals surface area contributed by atoms with Gasteiger partial charge in [0.15, 0.2) is 0 Å². The summed E-state index contributed by atoms with van der Waals surface area (Å²) in [5.74, 6) is -0.222. The van der Waals surface area contributed by atoms with Gasteiger partial charge in [-0.05, 0) is 58.6 Å². The van der Waals surface area contributed by atoms with Crippen molar-refractivity contribution >= 4 is 16.9 Å². The zero-order chi connectivity index (χ0) is 19.2. The maximum atomic E-state index is 11.8. The minimum atomic E-state index is -0.830. The Morgan fingerprint density at radius 3 is 2.52 bits per heavy atom. The summed E-state index contributed by atoms with van der Waals surface area (Å²) in [6.45, 7) is 6.84. The number of aromatic carboxylic acids is 1. The third kappa shape index (κ3) is 3.17. The summed E-state index contributed by atoms with van der Waals surface area (Å²) in [6, 6.07) is 8.52. The number of fused-ring (bicyclic) bond motifs is 1. The molecule has 0 amide bonds. The second-order valence-electron chi connectivity index (χ2n) is 8.67. The fourth-order valence-electron chi connectivity index (χ4n) is 4.95. The topological polar surface area (TPSA) is 54.7 Å². The van der Waals surface area contributed by atoms with E-state index in [1.54, 1.807) is 0 Å². The lowest BCUT2D eigenvalue weighted by Crippen LogP contribution is -2.61. The van der Waals surface area contributed by atoms with E-state index in [0.717, 1.165) is 36.4 Å². The van der Waals surface area contributed by atoms with E-state index in [4.69, 9.17) is 4.74 Å². The highest BCUT2D eigenvalue weighted by Gasteiger charge is 2.41. The molecule has 0 bridgehead atoms. The normalized spacial score (nSPS) is 24.9. The van der Waals surface area contributed by atoms with Crippen molar-refractivity contribution in [3.8, 4) is 0 Å². The molecule has 1 aliphatic heterocycles. The molecule has 27 heavy (non-hydrogen) atoms. The lowest BCUT2D eigenvalue weighted by Gasteiger charge is -2.50. The van der Waals surface area contributed by atoms with Crippen molar-refractivity contribution in [1.82, 2.24) is 9.47 Å². The van der Waals surface area contributed by atoms with Gasteiger partial charge in [0.1, 0.15) is 0 Å². The Morgan fingerprint density at radius 1 is 1.26 bits per heavy atom. The molecule has 4 rings (SSSR count). The standard InChI is InChI=1S/C22H30N2O3/c1-15-20(21(25)26)18-6-4-5-7-19(18)24(15)12-16-8-10-17(11-9-16)23(3)22(2)13-27-14-22/h4-7,16-17H,8-14H2,1-3H3,(H,25,26). The number of rotatable bonds is 5. The van der Waals surface area contributed by atoms with Crippen LogP contribution in [0.25, 0.3) is 10.9 Å². The maximum Gasteiger partial charge on any atom is 0.338 e. The summed E-state index contributed by atoms with van der Waals surface area (Å²) >= 11 is 0. The average molecular weight is 370 g/mol. The maximum absolute atomic E-state index is 11.8. The molecule has 2 heterocycles. The number of carbonyl (C=O) groups is 1. The number of ether oxygens (including phenoxy) is 1. The molecule has 0 unspecified atom stereocenters. The van der Waals surface area contributed by atoms with Crippen molar-refractivity contribution in [2.75, 3.05) is 20.3 Å². The first-order valence-electron chi connectivity index (χ1n) is 10.0. The van der Waals surface area contributed by atoms with E-state index in [9.17, 15) is 9.90 Å². The lowest BCUT2D eigenvalue weighted by atomic mass is 9.83. The number of para-hydroxylation sites is 1. The van der Waals surface area contributed by atoms with Crippen molar-refractivity contribution in [3.63, 3.8) is 0 Å². The van der Waals surface area contributed by atoms with Gasteiger partial charge in [-0.15, -0.1) is 0 Å². The van der Waals surface area contributed by atoms with E-state index in [0.29, 0.717) is 17.5 Å². The Hall–Kier alpha value is -1.85. The molecule has 1 aromatic heterocycles. The number of hydrogen-bond acceptors (Lipinski definition) is 3. The first-order valence-corrected chi connectivity index (χ1v) is 10.0. The van der Waals surface area contributed by atoms with E-state index < -0.39 is 5.97 Å². The Morgan fingerprint density at radius 2 is 1.93 bits per heavy atom. The van der Waals surface area contributed by atoms with Gasteiger partial charge in [-0.2, -0.15) is 0 Å². The number of benzene rings is 1. The van der Waals surface area contributed by atoms with Crippen LogP contribution in [-0.2, 0) is 11.3 Å². The van der Waals surface area contributed by atoms with Crippen LogP contribution in [0.15, 0.2) is 24.3 Å². The summed E-state index contributed by atoms with van der Waals surface area (Å²) in [5.41, 5.74) is 2.59. The molecule has 1 aromatic carbocycles. The predicted octanol–water partition coefficient (Wildman–Crippen LogP) is 3.93. The Bertz CT molecular complexity index is 845. The van der Waals surface area contributed by atoms with Gasteiger partial charge in [0.05, 0.1) is 24.3 Å². The van der Waals surface area contributed by atoms with Crippen LogP contribution in [0.5, 0.6) is 0 Å². The summed E-state index contributed by atoms with van der Waals surface area (Å²) in [6.07, 6.45) is 4.81. The average Bonchev–Trinajstić information content (AvgIpc) is 2.92. The molecular weight excluding hydrogens is 340 g/mol. The molecule has 1 saturated heterocycles. The van der Waals surface area contributed by atoms with Crippen LogP contribution in [0.2, 0.25) is 0 Å². The molecule has 2 aliphatic rings. The number of carboxylic acid groups (broad SMARTS) is 1. The number of nitrogens with zero attached hydrogens (tertiary/aromatic N) is 2. The van der Waals surface area contributed by atoms with Gasteiger partial charge in [-0.3, -0.25) is 4.90 Å². The van der Waals surface area contributed by atoms with Gasteiger partial charge in [0.2, 0.25) is 0 Å². The molecule has 5 heteroatoms. The van der Waals surface area contributed by atoms with Gasteiger partial charge in [-0.1, -0.05) is 18.2 Å². The van der Waals surface area contributed by atoms with Crippen LogP contribution in [0.1, 0.15) is 48.7 Å². The van der Waals surface area contributed by atoms with Crippen LogP contribution >= 0.6 is 0 Å². The zero-order valence-corrected chi connectivity index (χ0v) is 16.6. The van der Waals surface area contributed by atoms with E-state index in [1.807, 2.05) is 31.2 Å². The van der Waals surface area contributed by atoms with Crippen LogP contribution in [0, 0.1) is 12.8 Å². The van der Waals surface area contributed by atoms with E-state index in [1.165, 1.54) is 25.7 Å². The second-order valence-corrected chi connectivity index (χ2v) is 8.67. The monoisotopic (exact) mass is 370 g/mol. The SMILES string of the molecule is Cc1c(C(=O)O)c2ccccc2n1CC1CCC(N(C)C2(C)COC2)CC1. The van der Waals surface area contributed by atoms with E-state index in [-0.39, 0.29) is 5.54 Å². The van der Waals surface area contributed by atoms with Gasteiger partial charge >= 0.3 is 5.97 Å². The largest absolute Gasteiger partial charge is 0.478 e. The predicted molar refractivity (Wildman–Crippen MR) is 106 cm³/mol. The van der Waals surface area contributed by atoms with Gasteiger partial charge in [0, 0.05) is 29.2 Å². The molecule has 1 saturated carbocycles. The zero-order valence-electron chi connectivity index (χ0n) is 16.6. The van der Waals surface area contributed by atoms with Crippen LogP contribution in [0.3, 0.4) is 0 Å². The molecule has 2 aromatic rings. The summed E-state index contributed by atoms with van der Waals surface area (Å²) in [4.78, 5) is 14.3. The minimum absolute atomic E-state index is 0.209. The van der Waals surface area contributed by atoms with Crippen LogP contribution in [-0.4, -0.2) is 52.4 Å². The van der Waals surface area contributed by atoms with Crippen molar-refractivity contribution < 1.29 is 14.6 Å².